The maximum Gasteiger partial charge on any atom is 0.303 e. The molecule has 3 nitrogen and oxygen atoms in total. The molecule has 3 heteroatoms. The number of carbonyl (C=O) groups is 1. The van der Waals surface area contributed by atoms with Gasteiger partial charge in [0.15, 0.2) is 0 Å². The molecule has 0 atom stereocenters. The molecule has 0 amide bonds. The third-order valence-electron chi connectivity index (χ3n) is 0.884. The van der Waals surface area contributed by atoms with Crippen LogP contribution < -0.4 is 0 Å². The van der Waals surface area contributed by atoms with Gasteiger partial charge < -0.3 is 9.15 Å². The normalized spacial score (nSPS) is 9.30. The van der Waals surface area contributed by atoms with Gasteiger partial charge in [0.1, 0.15) is 5.76 Å². The fourth-order valence-electron chi connectivity index (χ4n) is 0.499. The molecule has 0 unspecified atom stereocenters. The lowest BCUT2D eigenvalue weighted by atomic mass is 10.5. The summed E-state index contributed by atoms with van der Waals surface area (Å²) in [4.78, 5) is 10.2. The fourth-order valence-corrected chi connectivity index (χ4v) is 0.499. The zero-order valence-corrected chi connectivity index (χ0v) is 5.53. The van der Waals surface area contributed by atoms with E-state index >= 15 is 0 Å². The van der Waals surface area contributed by atoms with Crippen molar-refractivity contribution in [2.75, 3.05) is 0 Å². The van der Waals surface area contributed by atoms with E-state index in [-0.39, 0.29) is 5.97 Å². The second-order valence-corrected chi connectivity index (χ2v) is 1.74. The maximum atomic E-state index is 10.2. The van der Waals surface area contributed by atoms with Crippen molar-refractivity contribution in [2.45, 2.75) is 6.92 Å². The van der Waals surface area contributed by atoms with E-state index in [1.807, 2.05) is 0 Å². The lowest BCUT2D eigenvalue weighted by Gasteiger charge is -1.94. The first-order valence-corrected chi connectivity index (χ1v) is 2.83. The molecule has 1 rings (SSSR count). The standard InChI is InChI=1S/C7H7O3/c1-6(8)10-5-7-3-2-4-9-7/h2-5H,1H3. The molecule has 0 fully saturated rings. The molecular weight excluding hydrogens is 132 g/mol. The predicted molar refractivity (Wildman–Crippen MR) is 33.9 cm³/mol. The van der Waals surface area contributed by atoms with Gasteiger partial charge in [0.25, 0.3) is 0 Å². The van der Waals surface area contributed by atoms with Gasteiger partial charge >= 0.3 is 5.97 Å². The average molecular weight is 139 g/mol. The van der Waals surface area contributed by atoms with Crippen molar-refractivity contribution in [3.8, 4) is 0 Å². The summed E-state index contributed by atoms with van der Waals surface area (Å²) >= 11 is 0. The minimum absolute atomic E-state index is 0.351. The number of ether oxygens (including phenoxy) is 1. The van der Waals surface area contributed by atoms with E-state index in [2.05, 4.69) is 4.74 Å². The van der Waals surface area contributed by atoms with E-state index in [4.69, 9.17) is 4.42 Å². The zero-order valence-electron chi connectivity index (χ0n) is 5.53. The van der Waals surface area contributed by atoms with E-state index in [0.29, 0.717) is 5.76 Å². The van der Waals surface area contributed by atoms with Crippen LogP contribution in [0.5, 0.6) is 0 Å². The quantitative estimate of drug-likeness (QED) is 0.580. The second-order valence-electron chi connectivity index (χ2n) is 1.74. The first-order chi connectivity index (χ1) is 4.79. The summed E-state index contributed by atoms with van der Waals surface area (Å²) < 4.78 is 9.38. The van der Waals surface area contributed by atoms with Gasteiger partial charge in [-0.15, -0.1) is 0 Å². The molecule has 0 aliphatic heterocycles. The molecule has 10 heavy (non-hydrogen) atoms. The fraction of sp³-hybridized carbons (Fsp3) is 0.143. The number of furan rings is 1. The predicted octanol–water partition coefficient (Wildman–Crippen LogP) is 1.35. The van der Waals surface area contributed by atoms with Crippen molar-refractivity contribution in [1.29, 1.82) is 0 Å². The van der Waals surface area contributed by atoms with Crippen LogP contribution in [-0.4, -0.2) is 5.97 Å². The van der Waals surface area contributed by atoms with Crippen molar-refractivity contribution in [3.63, 3.8) is 0 Å². The largest absolute Gasteiger partial charge is 0.465 e. The van der Waals surface area contributed by atoms with Crippen molar-refractivity contribution in [3.05, 3.63) is 30.8 Å². The molecule has 0 saturated heterocycles. The SMILES string of the molecule is CC(=O)O[CH]c1ccco1. The molecule has 0 spiro atoms. The Balaban J connectivity index is 2.35. The van der Waals surface area contributed by atoms with Gasteiger partial charge in [-0.05, 0) is 12.1 Å². The Labute approximate surface area is 58.6 Å². The lowest BCUT2D eigenvalue weighted by molar-refractivity contribution is -0.137. The monoisotopic (exact) mass is 139 g/mol. The Morgan fingerprint density at radius 3 is 3.10 bits per heavy atom. The van der Waals surface area contributed by atoms with E-state index in [9.17, 15) is 4.79 Å². The number of carbonyl (C=O) groups excluding carboxylic acids is 1. The molecule has 0 bridgehead atoms. The molecule has 0 aliphatic rings. The summed E-state index contributed by atoms with van der Waals surface area (Å²) in [6.45, 7) is 2.60. The van der Waals surface area contributed by atoms with Crippen LogP contribution in [0.2, 0.25) is 0 Å². The van der Waals surface area contributed by atoms with Gasteiger partial charge in [-0.2, -0.15) is 0 Å². The summed E-state index contributed by atoms with van der Waals surface area (Å²) in [5.74, 6) is 0.187. The van der Waals surface area contributed by atoms with Gasteiger partial charge in [-0.1, -0.05) is 0 Å². The van der Waals surface area contributed by atoms with E-state index < -0.39 is 0 Å². The summed E-state index contributed by atoms with van der Waals surface area (Å²) in [6.07, 6.45) is 1.51. The summed E-state index contributed by atoms with van der Waals surface area (Å²) in [7, 11) is 0. The van der Waals surface area contributed by atoms with Crippen molar-refractivity contribution < 1.29 is 13.9 Å². The number of esters is 1. The van der Waals surface area contributed by atoms with Crippen molar-refractivity contribution in [2.24, 2.45) is 0 Å². The molecule has 0 saturated carbocycles. The van der Waals surface area contributed by atoms with E-state index in [0.717, 1.165) is 0 Å². The molecule has 0 aliphatic carbocycles. The minimum Gasteiger partial charge on any atom is -0.465 e. The van der Waals surface area contributed by atoms with Crippen LogP contribution in [0.15, 0.2) is 22.8 Å². The third kappa shape index (κ3) is 1.93. The Morgan fingerprint density at radius 1 is 1.80 bits per heavy atom. The number of hydrogen-bond acceptors (Lipinski definition) is 3. The van der Waals surface area contributed by atoms with Gasteiger partial charge in [-0.3, -0.25) is 4.79 Å². The van der Waals surface area contributed by atoms with E-state index in [1.165, 1.54) is 19.8 Å². The molecule has 1 aromatic heterocycles. The van der Waals surface area contributed by atoms with Gasteiger partial charge in [0.2, 0.25) is 6.61 Å². The molecule has 0 aromatic carbocycles. The highest BCUT2D eigenvalue weighted by atomic mass is 16.5. The Morgan fingerprint density at radius 2 is 2.60 bits per heavy atom. The summed E-state index contributed by atoms with van der Waals surface area (Å²) in [5.41, 5.74) is 0. The maximum absolute atomic E-state index is 10.2. The smallest absolute Gasteiger partial charge is 0.303 e. The first-order valence-electron chi connectivity index (χ1n) is 2.83. The highest BCUT2D eigenvalue weighted by Crippen LogP contribution is 2.03. The van der Waals surface area contributed by atoms with Crippen LogP contribution in [-0.2, 0) is 9.53 Å². The van der Waals surface area contributed by atoms with Gasteiger partial charge in [-0.25, -0.2) is 0 Å². The van der Waals surface area contributed by atoms with Gasteiger partial charge in [0.05, 0.1) is 6.26 Å². The molecule has 1 radical (unpaired) electrons. The topological polar surface area (TPSA) is 39.4 Å². The molecule has 1 aromatic rings. The van der Waals surface area contributed by atoms with Crippen LogP contribution in [0.3, 0.4) is 0 Å². The Bertz CT molecular complexity index is 201. The average Bonchev–Trinajstić information content (AvgIpc) is 2.34. The number of hydrogen-bond donors (Lipinski definition) is 0. The summed E-state index contributed by atoms with van der Waals surface area (Å²) in [6, 6.07) is 3.41. The Kier molecular flexibility index (Phi) is 2.10. The van der Waals surface area contributed by atoms with Crippen LogP contribution in [0, 0.1) is 6.61 Å². The zero-order chi connectivity index (χ0) is 7.40. The minimum atomic E-state index is -0.351. The Hall–Kier alpha value is -1.25. The highest BCUT2D eigenvalue weighted by Gasteiger charge is 1.97. The van der Waals surface area contributed by atoms with Crippen LogP contribution in [0.1, 0.15) is 12.7 Å². The number of rotatable bonds is 2. The van der Waals surface area contributed by atoms with Gasteiger partial charge in [0, 0.05) is 6.92 Å². The van der Waals surface area contributed by atoms with Crippen molar-refractivity contribution in [1.82, 2.24) is 0 Å². The van der Waals surface area contributed by atoms with Crippen LogP contribution >= 0.6 is 0 Å². The lowest BCUT2D eigenvalue weighted by Crippen LogP contribution is -1.94. The summed E-state index contributed by atoms with van der Waals surface area (Å²) in [5, 5.41) is 0. The highest BCUT2D eigenvalue weighted by molar-refractivity contribution is 5.66. The molecular formula is C7H7O3. The molecule has 53 valence electrons. The molecule has 0 N–H and O–H groups in total. The molecule has 1 heterocycles. The van der Waals surface area contributed by atoms with Crippen LogP contribution in [0.4, 0.5) is 0 Å². The third-order valence-corrected chi connectivity index (χ3v) is 0.884. The van der Waals surface area contributed by atoms with Crippen LogP contribution in [0.25, 0.3) is 0 Å². The van der Waals surface area contributed by atoms with Crippen molar-refractivity contribution >= 4 is 5.97 Å². The van der Waals surface area contributed by atoms with E-state index in [1.54, 1.807) is 12.1 Å². The second kappa shape index (κ2) is 3.06. The first kappa shape index (κ1) is 6.86.